The van der Waals surface area contributed by atoms with E-state index in [9.17, 15) is 13.9 Å². The third-order valence-electron chi connectivity index (χ3n) is 2.65. The Kier molecular flexibility index (Phi) is 4.01. The van der Waals surface area contributed by atoms with Gasteiger partial charge in [0.1, 0.15) is 11.8 Å². The highest BCUT2D eigenvalue weighted by atomic mass is 19.2. The van der Waals surface area contributed by atoms with Gasteiger partial charge in [0.25, 0.3) is 0 Å². The average molecular weight is 266 g/mol. The van der Waals surface area contributed by atoms with Crippen LogP contribution in [0, 0.1) is 11.6 Å². The van der Waals surface area contributed by atoms with E-state index in [1.165, 1.54) is 31.6 Å². The molecule has 1 heterocycles. The van der Waals surface area contributed by atoms with E-state index < -0.39 is 17.7 Å². The molecule has 1 N–H and O–H groups in total. The van der Waals surface area contributed by atoms with Crippen molar-refractivity contribution >= 4 is 0 Å². The molecule has 0 saturated carbocycles. The standard InChI is InChI=1S/C13H12F2N2O2/c1-19-13-12(16-5-6-17-13)10(18)7-8-3-2-4-9(14)11(8)15/h2-6,10,18H,7H2,1H3. The molecule has 0 saturated heterocycles. The molecular formula is C13H12F2N2O2. The molecular weight excluding hydrogens is 254 g/mol. The Morgan fingerprint density at radius 2 is 2.00 bits per heavy atom. The minimum atomic E-state index is -1.13. The number of ether oxygens (including phenoxy) is 1. The number of rotatable bonds is 4. The first kappa shape index (κ1) is 13.4. The maximum Gasteiger partial charge on any atom is 0.238 e. The summed E-state index contributed by atoms with van der Waals surface area (Å²) in [5.41, 5.74) is 0.258. The monoisotopic (exact) mass is 266 g/mol. The molecule has 1 aromatic heterocycles. The van der Waals surface area contributed by atoms with Gasteiger partial charge in [0.2, 0.25) is 5.88 Å². The third-order valence-corrected chi connectivity index (χ3v) is 2.65. The highest BCUT2D eigenvalue weighted by Crippen LogP contribution is 2.24. The quantitative estimate of drug-likeness (QED) is 0.920. The van der Waals surface area contributed by atoms with E-state index in [0.717, 1.165) is 6.07 Å². The predicted molar refractivity (Wildman–Crippen MR) is 63.6 cm³/mol. The molecule has 19 heavy (non-hydrogen) atoms. The van der Waals surface area contributed by atoms with E-state index in [0.29, 0.717) is 0 Å². The molecule has 1 atom stereocenters. The molecule has 0 fully saturated rings. The summed E-state index contributed by atoms with van der Waals surface area (Å²) in [5.74, 6) is -1.76. The molecule has 1 aromatic carbocycles. The van der Waals surface area contributed by atoms with E-state index in [1.807, 2.05) is 0 Å². The van der Waals surface area contributed by atoms with Crippen LogP contribution in [0.25, 0.3) is 0 Å². The van der Waals surface area contributed by atoms with Crippen molar-refractivity contribution in [1.82, 2.24) is 9.97 Å². The topological polar surface area (TPSA) is 55.2 Å². The molecule has 100 valence electrons. The van der Waals surface area contributed by atoms with E-state index in [-0.39, 0.29) is 23.6 Å². The fourth-order valence-corrected chi connectivity index (χ4v) is 1.73. The number of aromatic nitrogens is 2. The first-order valence-electron chi connectivity index (χ1n) is 5.59. The van der Waals surface area contributed by atoms with E-state index >= 15 is 0 Å². The smallest absolute Gasteiger partial charge is 0.238 e. The zero-order valence-electron chi connectivity index (χ0n) is 10.2. The van der Waals surface area contributed by atoms with Crippen LogP contribution < -0.4 is 4.74 Å². The fourth-order valence-electron chi connectivity index (χ4n) is 1.73. The molecule has 6 heteroatoms. The average Bonchev–Trinajstić information content (AvgIpc) is 2.43. The molecule has 0 spiro atoms. The number of methoxy groups -OCH3 is 1. The molecule has 0 aliphatic heterocycles. The van der Waals surface area contributed by atoms with Crippen LogP contribution >= 0.6 is 0 Å². The van der Waals surface area contributed by atoms with Crippen molar-refractivity contribution in [2.75, 3.05) is 7.11 Å². The summed E-state index contributed by atoms with van der Waals surface area (Å²) in [6.07, 6.45) is 1.57. The number of nitrogens with zero attached hydrogens (tertiary/aromatic N) is 2. The van der Waals surface area contributed by atoms with Gasteiger partial charge in [0.05, 0.1) is 7.11 Å². The van der Waals surface area contributed by atoms with E-state index in [4.69, 9.17) is 4.74 Å². The van der Waals surface area contributed by atoms with Gasteiger partial charge in [-0.2, -0.15) is 0 Å². The zero-order chi connectivity index (χ0) is 13.8. The van der Waals surface area contributed by atoms with Crippen LogP contribution in [-0.2, 0) is 6.42 Å². The lowest BCUT2D eigenvalue weighted by Gasteiger charge is -2.13. The summed E-state index contributed by atoms with van der Waals surface area (Å²) in [6, 6.07) is 3.81. The van der Waals surface area contributed by atoms with Gasteiger partial charge in [-0.05, 0) is 11.6 Å². The van der Waals surface area contributed by atoms with Crippen molar-refractivity contribution in [3.63, 3.8) is 0 Å². The second kappa shape index (κ2) is 5.71. The van der Waals surface area contributed by atoms with Gasteiger partial charge in [-0.15, -0.1) is 0 Å². The Morgan fingerprint density at radius 3 is 2.74 bits per heavy atom. The van der Waals surface area contributed by atoms with Gasteiger partial charge in [-0.3, -0.25) is 4.98 Å². The maximum absolute atomic E-state index is 13.5. The van der Waals surface area contributed by atoms with Crippen molar-refractivity contribution in [2.24, 2.45) is 0 Å². The first-order chi connectivity index (χ1) is 9.13. The lowest BCUT2D eigenvalue weighted by molar-refractivity contribution is 0.166. The summed E-state index contributed by atoms with van der Waals surface area (Å²) in [6.45, 7) is 0. The summed E-state index contributed by atoms with van der Waals surface area (Å²) < 4.78 is 31.5. The maximum atomic E-state index is 13.5. The van der Waals surface area contributed by atoms with Crippen molar-refractivity contribution in [3.8, 4) is 5.88 Å². The Hall–Kier alpha value is -2.08. The number of benzene rings is 1. The number of hydrogen-bond donors (Lipinski definition) is 1. The SMILES string of the molecule is COc1nccnc1C(O)Cc1cccc(F)c1F. The van der Waals surface area contributed by atoms with Crippen LogP contribution in [0.4, 0.5) is 8.78 Å². The predicted octanol–water partition coefficient (Wildman–Crippen LogP) is 2.04. The van der Waals surface area contributed by atoms with Crippen LogP contribution in [0.5, 0.6) is 5.88 Å². The summed E-state index contributed by atoms with van der Waals surface area (Å²) in [7, 11) is 1.39. The van der Waals surface area contributed by atoms with Crippen molar-refractivity contribution < 1.29 is 18.6 Å². The molecule has 4 nitrogen and oxygen atoms in total. The van der Waals surface area contributed by atoms with Gasteiger partial charge in [-0.25, -0.2) is 13.8 Å². The van der Waals surface area contributed by atoms with Crippen molar-refractivity contribution in [3.05, 3.63) is 53.5 Å². The van der Waals surface area contributed by atoms with E-state index in [2.05, 4.69) is 9.97 Å². The van der Waals surface area contributed by atoms with E-state index in [1.54, 1.807) is 0 Å². The first-order valence-corrected chi connectivity index (χ1v) is 5.59. The number of halogens is 2. The van der Waals surface area contributed by atoms with Gasteiger partial charge < -0.3 is 9.84 Å². The highest BCUT2D eigenvalue weighted by molar-refractivity contribution is 5.25. The van der Waals surface area contributed by atoms with Crippen molar-refractivity contribution in [1.29, 1.82) is 0 Å². The van der Waals surface area contributed by atoms with Crippen LogP contribution in [0.15, 0.2) is 30.6 Å². The summed E-state index contributed by atoms with van der Waals surface area (Å²) in [4.78, 5) is 7.83. The lowest BCUT2D eigenvalue weighted by atomic mass is 10.0. The molecule has 0 aliphatic carbocycles. The zero-order valence-corrected chi connectivity index (χ0v) is 10.2. The summed E-state index contributed by atoms with van der Waals surface area (Å²) in [5, 5.41) is 10.0. The molecule has 0 radical (unpaired) electrons. The largest absolute Gasteiger partial charge is 0.480 e. The Balaban J connectivity index is 2.26. The van der Waals surface area contributed by atoms with Crippen LogP contribution in [-0.4, -0.2) is 22.2 Å². The second-order valence-corrected chi connectivity index (χ2v) is 3.88. The van der Waals surface area contributed by atoms with Crippen molar-refractivity contribution in [2.45, 2.75) is 12.5 Å². The lowest BCUT2D eigenvalue weighted by Crippen LogP contribution is -2.09. The number of aliphatic hydroxyl groups is 1. The second-order valence-electron chi connectivity index (χ2n) is 3.88. The van der Waals surface area contributed by atoms with Gasteiger partial charge >= 0.3 is 0 Å². The highest BCUT2D eigenvalue weighted by Gasteiger charge is 2.19. The van der Waals surface area contributed by atoms with Crippen LogP contribution in [0.2, 0.25) is 0 Å². The van der Waals surface area contributed by atoms with Gasteiger partial charge in [0, 0.05) is 18.8 Å². The minimum Gasteiger partial charge on any atom is -0.480 e. The molecule has 1 unspecified atom stereocenters. The number of aliphatic hydroxyl groups excluding tert-OH is 1. The Bertz CT molecular complexity index is 578. The minimum absolute atomic E-state index is 0.0696. The molecule has 2 aromatic rings. The molecule has 2 rings (SSSR count). The van der Waals surface area contributed by atoms with Gasteiger partial charge in [0.15, 0.2) is 11.6 Å². The normalized spacial score (nSPS) is 12.2. The Labute approximate surface area is 108 Å². The van der Waals surface area contributed by atoms with Crippen LogP contribution in [0.1, 0.15) is 17.4 Å². The van der Waals surface area contributed by atoms with Gasteiger partial charge in [-0.1, -0.05) is 12.1 Å². The molecule has 0 aliphatic rings. The molecule has 0 amide bonds. The number of hydrogen-bond acceptors (Lipinski definition) is 4. The Morgan fingerprint density at radius 1 is 1.26 bits per heavy atom. The van der Waals surface area contributed by atoms with Crippen LogP contribution in [0.3, 0.4) is 0 Å². The fraction of sp³-hybridized carbons (Fsp3) is 0.231. The summed E-state index contributed by atoms with van der Waals surface area (Å²) >= 11 is 0. The third kappa shape index (κ3) is 2.85. The molecule has 0 bridgehead atoms.